The Labute approximate surface area is 197 Å². The largest absolute Gasteiger partial charge is 0.497 e. The third kappa shape index (κ3) is 4.66. The van der Waals surface area contributed by atoms with Gasteiger partial charge in [-0.1, -0.05) is 18.2 Å². The second-order valence-electron chi connectivity index (χ2n) is 7.29. The first-order valence-electron chi connectivity index (χ1n) is 10.5. The Morgan fingerprint density at radius 2 is 1.47 bits per heavy atom. The lowest BCUT2D eigenvalue weighted by molar-refractivity contribution is 0.102. The summed E-state index contributed by atoms with van der Waals surface area (Å²) in [6.45, 7) is 0. The van der Waals surface area contributed by atoms with Crippen molar-refractivity contribution in [3.05, 3.63) is 78.5 Å². The minimum absolute atomic E-state index is 0.342. The molecule has 0 saturated carbocycles. The summed E-state index contributed by atoms with van der Waals surface area (Å²) >= 11 is 0. The van der Waals surface area contributed by atoms with Gasteiger partial charge in [0.25, 0.3) is 5.91 Å². The summed E-state index contributed by atoms with van der Waals surface area (Å²) in [4.78, 5) is 13.5. The molecule has 8 nitrogen and oxygen atoms in total. The molecule has 0 saturated heterocycles. The minimum atomic E-state index is -0.342. The monoisotopic (exact) mass is 459 g/mol. The zero-order valence-corrected chi connectivity index (χ0v) is 19.4. The number of nitrogens with one attached hydrogen (secondary N) is 1. The molecule has 1 aromatic heterocycles. The van der Waals surface area contributed by atoms with Crippen LogP contribution in [0.1, 0.15) is 10.4 Å². The number of amides is 1. The van der Waals surface area contributed by atoms with Crippen LogP contribution < -0.4 is 24.3 Å². The third-order valence-corrected chi connectivity index (χ3v) is 5.25. The molecule has 0 bridgehead atoms. The second-order valence-corrected chi connectivity index (χ2v) is 7.29. The average molecular weight is 460 g/mol. The molecule has 0 radical (unpaired) electrons. The molecule has 1 amide bonds. The van der Waals surface area contributed by atoms with Crippen LogP contribution in [0.4, 0.5) is 5.69 Å². The molecule has 8 heteroatoms. The summed E-state index contributed by atoms with van der Waals surface area (Å²) in [7, 11) is 6.26. The molecule has 1 heterocycles. The third-order valence-electron chi connectivity index (χ3n) is 5.25. The molecule has 0 aliphatic heterocycles. The van der Waals surface area contributed by atoms with Crippen LogP contribution in [0, 0.1) is 0 Å². The number of hydrogen-bond donors (Lipinski definition) is 1. The van der Waals surface area contributed by atoms with Gasteiger partial charge in [-0.25, -0.2) is 4.68 Å². The normalized spacial score (nSPS) is 10.5. The van der Waals surface area contributed by atoms with Crippen molar-refractivity contribution in [1.82, 2.24) is 9.78 Å². The predicted octanol–water partition coefficient (Wildman–Crippen LogP) is 4.83. The van der Waals surface area contributed by atoms with E-state index in [4.69, 9.17) is 24.0 Å². The maximum absolute atomic E-state index is 13.5. The Bertz CT molecular complexity index is 1280. The van der Waals surface area contributed by atoms with E-state index in [0.29, 0.717) is 45.5 Å². The molecule has 0 atom stereocenters. The second kappa shape index (κ2) is 9.99. The molecular weight excluding hydrogens is 434 g/mol. The van der Waals surface area contributed by atoms with E-state index in [-0.39, 0.29) is 5.91 Å². The van der Waals surface area contributed by atoms with E-state index in [9.17, 15) is 4.79 Å². The van der Waals surface area contributed by atoms with Gasteiger partial charge < -0.3 is 24.3 Å². The van der Waals surface area contributed by atoms with Crippen LogP contribution in [0.5, 0.6) is 23.0 Å². The summed E-state index contributed by atoms with van der Waals surface area (Å²) in [5.74, 6) is 1.95. The van der Waals surface area contributed by atoms with Gasteiger partial charge in [-0.05, 0) is 24.3 Å². The van der Waals surface area contributed by atoms with Gasteiger partial charge in [0, 0.05) is 41.7 Å². The first-order valence-corrected chi connectivity index (χ1v) is 10.5. The van der Waals surface area contributed by atoms with Crippen LogP contribution in [0.25, 0.3) is 16.9 Å². The van der Waals surface area contributed by atoms with Crippen molar-refractivity contribution in [2.45, 2.75) is 0 Å². The fourth-order valence-corrected chi connectivity index (χ4v) is 3.52. The van der Waals surface area contributed by atoms with Crippen LogP contribution in [-0.4, -0.2) is 44.1 Å². The zero-order chi connectivity index (χ0) is 24.1. The van der Waals surface area contributed by atoms with Gasteiger partial charge in [0.15, 0.2) is 0 Å². The van der Waals surface area contributed by atoms with Gasteiger partial charge in [-0.2, -0.15) is 5.10 Å². The number of ether oxygens (including phenoxy) is 4. The SMILES string of the molecule is COc1cc(NC(=O)c2cn(-c3ccccc3)nc2-c2ccc(OC)cc2OC)cc(OC)c1. The maximum Gasteiger partial charge on any atom is 0.259 e. The van der Waals surface area contributed by atoms with E-state index in [1.165, 1.54) is 0 Å². The average Bonchev–Trinajstić information content (AvgIpc) is 3.34. The van der Waals surface area contributed by atoms with Crippen molar-refractivity contribution in [3.63, 3.8) is 0 Å². The Morgan fingerprint density at radius 3 is 2.09 bits per heavy atom. The molecule has 34 heavy (non-hydrogen) atoms. The van der Waals surface area contributed by atoms with Crippen molar-refractivity contribution >= 4 is 11.6 Å². The van der Waals surface area contributed by atoms with E-state index in [2.05, 4.69) is 5.32 Å². The van der Waals surface area contributed by atoms with Crippen molar-refractivity contribution in [2.24, 2.45) is 0 Å². The topological polar surface area (TPSA) is 83.8 Å². The smallest absolute Gasteiger partial charge is 0.259 e. The summed E-state index contributed by atoms with van der Waals surface area (Å²) in [5.41, 5.74) is 2.84. The molecule has 0 unspecified atom stereocenters. The molecule has 0 aliphatic rings. The van der Waals surface area contributed by atoms with E-state index < -0.39 is 0 Å². The highest BCUT2D eigenvalue weighted by Gasteiger charge is 2.22. The Balaban J connectivity index is 1.80. The summed E-state index contributed by atoms with van der Waals surface area (Å²) in [5, 5.41) is 7.66. The number of methoxy groups -OCH3 is 4. The number of para-hydroxylation sites is 1. The number of nitrogens with zero attached hydrogens (tertiary/aromatic N) is 2. The maximum atomic E-state index is 13.5. The van der Waals surface area contributed by atoms with Crippen LogP contribution >= 0.6 is 0 Å². The molecule has 4 aromatic rings. The highest BCUT2D eigenvalue weighted by Crippen LogP contribution is 2.35. The molecule has 174 valence electrons. The van der Waals surface area contributed by atoms with Gasteiger partial charge in [0.2, 0.25) is 0 Å². The summed E-state index contributed by atoms with van der Waals surface area (Å²) < 4.78 is 23.2. The zero-order valence-electron chi connectivity index (χ0n) is 19.4. The number of anilines is 1. The number of carbonyl (C=O) groups is 1. The molecular formula is C26H25N3O5. The fraction of sp³-hybridized carbons (Fsp3) is 0.154. The van der Waals surface area contributed by atoms with Crippen LogP contribution in [0.2, 0.25) is 0 Å². The van der Waals surface area contributed by atoms with Crippen LogP contribution in [0.3, 0.4) is 0 Å². The summed E-state index contributed by atoms with van der Waals surface area (Å²) in [6, 6.07) is 20.1. The highest BCUT2D eigenvalue weighted by atomic mass is 16.5. The Morgan fingerprint density at radius 1 is 0.794 bits per heavy atom. The standard InChI is InChI=1S/C26H25N3O5/c1-31-19-10-11-22(24(15-19)34-4)25-23(16-29(28-25)18-8-6-5-7-9-18)26(30)27-17-12-20(32-2)14-21(13-17)33-3/h5-16H,1-4H3,(H,27,30). The molecule has 4 rings (SSSR count). The highest BCUT2D eigenvalue weighted by molar-refractivity contribution is 6.08. The van der Waals surface area contributed by atoms with Gasteiger partial charge in [-0.3, -0.25) is 4.79 Å². The first-order chi connectivity index (χ1) is 16.6. The van der Waals surface area contributed by atoms with E-state index in [1.807, 2.05) is 36.4 Å². The molecule has 0 aliphatic carbocycles. The predicted molar refractivity (Wildman–Crippen MR) is 130 cm³/mol. The number of aromatic nitrogens is 2. The van der Waals surface area contributed by atoms with Crippen molar-refractivity contribution in [3.8, 4) is 39.9 Å². The molecule has 3 aromatic carbocycles. The molecule has 0 spiro atoms. The van der Waals surface area contributed by atoms with Gasteiger partial charge >= 0.3 is 0 Å². The number of hydrogen-bond acceptors (Lipinski definition) is 6. The Kier molecular flexibility index (Phi) is 6.68. The lowest BCUT2D eigenvalue weighted by atomic mass is 10.1. The van der Waals surface area contributed by atoms with E-state index in [1.54, 1.807) is 69.6 Å². The quantitative estimate of drug-likeness (QED) is 0.407. The van der Waals surface area contributed by atoms with Crippen molar-refractivity contribution < 1.29 is 23.7 Å². The Hall–Kier alpha value is -4.46. The van der Waals surface area contributed by atoms with Crippen LogP contribution in [0.15, 0.2) is 72.9 Å². The summed E-state index contributed by atoms with van der Waals surface area (Å²) in [6.07, 6.45) is 1.70. The minimum Gasteiger partial charge on any atom is -0.497 e. The van der Waals surface area contributed by atoms with E-state index >= 15 is 0 Å². The lowest BCUT2D eigenvalue weighted by Crippen LogP contribution is -2.12. The first kappa shape index (κ1) is 22.7. The number of benzene rings is 3. The van der Waals surface area contributed by atoms with Gasteiger partial charge in [0.1, 0.15) is 28.7 Å². The van der Waals surface area contributed by atoms with Crippen LogP contribution in [-0.2, 0) is 0 Å². The number of carbonyl (C=O) groups excluding carboxylic acids is 1. The van der Waals surface area contributed by atoms with Crippen molar-refractivity contribution in [1.29, 1.82) is 0 Å². The van der Waals surface area contributed by atoms with Gasteiger partial charge in [0.05, 0.1) is 39.7 Å². The van der Waals surface area contributed by atoms with Gasteiger partial charge in [-0.15, -0.1) is 0 Å². The lowest BCUT2D eigenvalue weighted by Gasteiger charge is -2.11. The number of rotatable bonds is 8. The fourth-order valence-electron chi connectivity index (χ4n) is 3.52. The van der Waals surface area contributed by atoms with E-state index in [0.717, 1.165) is 5.69 Å². The molecule has 1 N–H and O–H groups in total. The van der Waals surface area contributed by atoms with Crippen molar-refractivity contribution in [2.75, 3.05) is 33.8 Å². The molecule has 0 fully saturated rings.